The van der Waals surface area contributed by atoms with Gasteiger partial charge in [-0.3, -0.25) is 9.69 Å². The molecule has 0 saturated carbocycles. The van der Waals surface area contributed by atoms with Crippen LogP contribution in [0.2, 0.25) is 0 Å². The Kier molecular flexibility index (Phi) is 5.32. The highest BCUT2D eigenvalue weighted by Gasteiger charge is 2.22. The Morgan fingerprint density at radius 2 is 1.88 bits per heavy atom. The summed E-state index contributed by atoms with van der Waals surface area (Å²) in [4.78, 5) is 16.8. The molecule has 5 heteroatoms. The minimum atomic E-state index is 0.0379. The van der Waals surface area contributed by atoms with Crippen molar-refractivity contribution in [1.29, 1.82) is 5.26 Å². The van der Waals surface area contributed by atoms with Crippen LogP contribution in [-0.4, -0.2) is 49.0 Å². The number of nitrogens with zero attached hydrogens (tertiary/aromatic N) is 3. The summed E-state index contributed by atoms with van der Waals surface area (Å²) in [7, 11) is 1.60. The molecular formula is C20H21N3O2. The van der Waals surface area contributed by atoms with Gasteiger partial charge in [0.1, 0.15) is 5.75 Å². The van der Waals surface area contributed by atoms with Gasteiger partial charge in [0.25, 0.3) is 5.91 Å². The van der Waals surface area contributed by atoms with E-state index in [1.165, 1.54) is 0 Å². The SMILES string of the molecule is COc1cccc(C(=O)N2CCN(Cc3ccccc3C#N)CC2)c1. The summed E-state index contributed by atoms with van der Waals surface area (Å²) in [5, 5.41) is 9.20. The van der Waals surface area contributed by atoms with Crippen LogP contribution in [0.15, 0.2) is 48.5 Å². The highest BCUT2D eigenvalue weighted by Crippen LogP contribution is 2.17. The topological polar surface area (TPSA) is 56.6 Å². The summed E-state index contributed by atoms with van der Waals surface area (Å²) in [5.41, 5.74) is 2.41. The molecule has 1 amide bonds. The number of nitriles is 1. The molecule has 128 valence electrons. The third kappa shape index (κ3) is 3.98. The van der Waals surface area contributed by atoms with E-state index >= 15 is 0 Å². The van der Waals surface area contributed by atoms with Crippen LogP contribution in [0.3, 0.4) is 0 Å². The molecule has 3 rings (SSSR count). The van der Waals surface area contributed by atoms with Crippen molar-refractivity contribution in [1.82, 2.24) is 9.80 Å². The highest BCUT2D eigenvalue weighted by atomic mass is 16.5. The lowest BCUT2D eigenvalue weighted by atomic mass is 10.1. The number of benzene rings is 2. The minimum absolute atomic E-state index is 0.0379. The molecule has 2 aromatic carbocycles. The van der Waals surface area contributed by atoms with E-state index in [1.807, 2.05) is 47.4 Å². The molecule has 0 atom stereocenters. The second kappa shape index (κ2) is 7.82. The Morgan fingerprint density at radius 1 is 1.12 bits per heavy atom. The van der Waals surface area contributed by atoms with Gasteiger partial charge in [0, 0.05) is 38.3 Å². The normalized spacial score (nSPS) is 14.8. The lowest BCUT2D eigenvalue weighted by molar-refractivity contribution is 0.0628. The van der Waals surface area contributed by atoms with Crippen LogP contribution >= 0.6 is 0 Å². The molecule has 5 nitrogen and oxygen atoms in total. The van der Waals surface area contributed by atoms with Gasteiger partial charge in [-0.2, -0.15) is 5.26 Å². The number of ether oxygens (including phenoxy) is 1. The monoisotopic (exact) mass is 335 g/mol. The summed E-state index contributed by atoms with van der Waals surface area (Å²) in [6.45, 7) is 3.71. The second-order valence-corrected chi connectivity index (χ2v) is 6.07. The maximum Gasteiger partial charge on any atom is 0.254 e. The summed E-state index contributed by atoms with van der Waals surface area (Å²) in [5.74, 6) is 0.730. The van der Waals surface area contributed by atoms with E-state index in [0.717, 1.165) is 30.8 Å². The molecule has 1 aliphatic rings. The fourth-order valence-corrected chi connectivity index (χ4v) is 3.06. The average Bonchev–Trinajstić information content (AvgIpc) is 2.68. The van der Waals surface area contributed by atoms with Gasteiger partial charge in [0.15, 0.2) is 0 Å². The Hall–Kier alpha value is -2.84. The number of carbonyl (C=O) groups is 1. The summed E-state index contributed by atoms with van der Waals surface area (Å²) >= 11 is 0. The van der Waals surface area contributed by atoms with Crippen molar-refractivity contribution >= 4 is 5.91 Å². The number of amides is 1. The van der Waals surface area contributed by atoms with E-state index in [1.54, 1.807) is 13.2 Å². The first kappa shape index (κ1) is 17.0. The van der Waals surface area contributed by atoms with E-state index in [2.05, 4.69) is 11.0 Å². The highest BCUT2D eigenvalue weighted by molar-refractivity contribution is 5.94. The molecule has 0 aliphatic carbocycles. The fraction of sp³-hybridized carbons (Fsp3) is 0.300. The van der Waals surface area contributed by atoms with Gasteiger partial charge >= 0.3 is 0 Å². The van der Waals surface area contributed by atoms with Crippen LogP contribution in [-0.2, 0) is 6.54 Å². The van der Waals surface area contributed by atoms with Gasteiger partial charge in [-0.05, 0) is 29.8 Å². The molecule has 1 fully saturated rings. The Balaban J connectivity index is 1.60. The van der Waals surface area contributed by atoms with Gasteiger partial charge in [0.2, 0.25) is 0 Å². The summed E-state index contributed by atoms with van der Waals surface area (Å²) in [6.07, 6.45) is 0. The lowest BCUT2D eigenvalue weighted by Crippen LogP contribution is -2.48. The van der Waals surface area contributed by atoms with Gasteiger partial charge in [-0.1, -0.05) is 24.3 Å². The number of methoxy groups -OCH3 is 1. The molecule has 2 aromatic rings. The molecule has 0 bridgehead atoms. The first-order valence-electron chi connectivity index (χ1n) is 8.35. The second-order valence-electron chi connectivity index (χ2n) is 6.07. The number of hydrogen-bond donors (Lipinski definition) is 0. The smallest absolute Gasteiger partial charge is 0.254 e. The quantitative estimate of drug-likeness (QED) is 0.861. The third-order valence-electron chi connectivity index (χ3n) is 4.51. The molecule has 1 heterocycles. The summed E-state index contributed by atoms with van der Waals surface area (Å²) in [6, 6.07) is 17.2. The first-order chi connectivity index (χ1) is 12.2. The van der Waals surface area contributed by atoms with Crippen molar-refractivity contribution in [3.8, 4) is 11.8 Å². The summed E-state index contributed by atoms with van der Waals surface area (Å²) < 4.78 is 5.19. The van der Waals surface area contributed by atoms with E-state index in [0.29, 0.717) is 24.4 Å². The van der Waals surface area contributed by atoms with Crippen molar-refractivity contribution < 1.29 is 9.53 Å². The molecule has 1 saturated heterocycles. The zero-order valence-corrected chi connectivity index (χ0v) is 14.3. The molecule has 25 heavy (non-hydrogen) atoms. The number of hydrogen-bond acceptors (Lipinski definition) is 4. The van der Waals surface area contributed by atoms with Crippen LogP contribution in [0, 0.1) is 11.3 Å². The van der Waals surface area contributed by atoms with E-state index in [-0.39, 0.29) is 5.91 Å². The van der Waals surface area contributed by atoms with Crippen molar-refractivity contribution in [2.45, 2.75) is 6.54 Å². The predicted octanol–water partition coefficient (Wildman–Crippen LogP) is 2.52. The first-order valence-corrected chi connectivity index (χ1v) is 8.35. The maximum atomic E-state index is 12.6. The molecule has 0 N–H and O–H groups in total. The molecule has 0 spiro atoms. The van der Waals surface area contributed by atoms with Gasteiger partial charge in [-0.25, -0.2) is 0 Å². The zero-order valence-electron chi connectivity index (χ0n) is 14.3. The predicted molar refractivity (Wildman–Crippen MR) is 95.3 cm³/mol. The number of piperazine rings is 1. The molecular weight excluding hydrogens is 314 g/mol. The zero-order chi connectivity index (χ0) is 17.6. The Bertz CT molecular complexity index is 790. The van der Waals surface area contributed by atoms with Crippen LogP contribution in [0.4, 0.5) is 0 Å². The molecule has 0 radical (unpaired) electrons. The average molecular weight is 335 g/mol. The largest absolute Gasteiger partial charge is 0.497 e. The third-order valence-corrected chi connectivity index (χ3v) is 4.51. The maximum absolute atomic E-state index is 12.6. The van der Waals surface area contributed by atoms with Gasteiger partial charge in [0.05, 0.1) is 18.7 Å². The van der Waals surface area contributed by atoms with Crippen LogP contribution in [0.5, 0.6) is 5.75 Å². The van der Waals surface area contributed by atoms with Crippen molar-refractivity contribution in [3.63, 3.8) is 0 Å². The molecule has 1 aliphatic heterocycles. The van der Waals surface area contributed by atoms with E-state index in [4.69, 9.17) is 4.74 Å². The van der Waals surface area contributed by atoms with Gasteiger partial charge < -0.3 is 9.64 Å². The van der Waals surface area contributed by atoms with E-state index < -0.39 is 0 Å². The lowest BCUT2D eigenvalue weighted by Gasteiger charge is -2.35. The van der Waals surface area contributed by atoms with E-state index in [9.17, 15) is 10.1 Å². The molecule has 0 unspecified atom stereocenters. The fourth-order valence-electron chi connectivity index (χ4n) is 3.06. The number of rotatable bonds is 4. The van der Waals surface area contributed by atoms with Crippen molar-refractivity contribution in [2.24, 2.45) is 0 Å². The standard InChI is InChI=1S/C20H21N3O2/c1-25-19-8-4-7-16(13-19)20(24)23-11-9-22(10-12-23)15-18-6-3-2-5-17(18)14-21/h2-8,13H,9-12,15H2,1H3. The molecule has 0 aromatic heterocycles. The van der Waals surface area contributed by atoms with Crippen molar-refractivity contribution in [2.75, 3.05) is 33.3 Å². The Morgan fingerprint density at radius 3 is 2.60 bits per heavy atom. The van der Waals surface area contributed by atoms with Crippen molar-refractivity contribution in [3.05, 3.63) is 65.2 Å². The minimum Gasteiger partial charge on any atom is -0.497 e. The van der Waals surface area contributed by atoms with Crippen LogP contribution in [0.25, 0.3) is 0 Å². The Labute approximate surface area is 148 Å². The van der Waals surface area contributed by atoms with Crippen LogP contribution in [0.1, 0.15) is 21.5 Å². The van der Waals surface area contributed by atoms with Gasteiger partial charge in [-0.15, -0.1) is 0 Å². The number of carbonyl (C=O) groups excluding carboxylic acids is 1. The van der Waals surface area contributed by atoms with Crippen LogP contribution < -0.4 is 4.74 Å².